The first-order valence-electron chi connectivity index (χ1n) is 9.83. The van der Waals surface area contributed by atoms with Crippen LogP contribution in [0.25, 0.3) is 0 Å². The molecular weight excluding hydrogens is 414 g/mol. The molecule has 0 spiro atoms. The highest BCUT2D eigenvalue weighted by Crippen LogP contribution is 2.28. The molecule has 2 heterocycles. The molecule has 0 saturated carbocycles. The number of imide groups is 1. The van der Waals surface area contributed by atoms with Gasteiger partial charge in [0.05, 0.1) is 12.1 Å². The van der Waals surface area contributed by atoms with Crippen LogP contribution in [0.3, 0.4) is 0 Å². The number of hydrogen-bond acceptors (Lipinski definition) is 4. The fourth-order valence-electron chi connectivity index (χ4n) is 3.59. The van der Waals surface area contributed by atoms with Crippen molar-refractivity contribution in [3.63, 3.8) is 0 Å². The zero-order chi connectivity index (χ0) is 22.0. The largest absolute Gasteiger partial charge is 0.322 e. The van der Waals surface area contributed by atoms with Crippen LogP contribution >= 0.6 is 11.6 Å². The second kappa shape index (κ2) is 8.70. The Morgan fingerprint density at radius 3 is 2.45 bits per heavy atom. The zero-order valence-corrected chi connectivity index (χ0v) is 17.6. The number of anilines is 1. The molecule has 0 radical (unpaired) electrons. The summed E-state index contributed by atoms with van der Waals surface area (Å²) in [4.78, 5) is 46.1. The van der Waals surface area contributed by atoms with Crippen molar-refractivity contribution in [3.8, 4) is 0 Å². The number of pyridine rings is 1. The second-order valence-electron chi connectivity index (χ2n) is 7.42. The number of amides is 3. The molecule has 0 aliphatic carbocycles. The number of halogens is 1. The van der Waals surface area contributed by atoms with Crippen LogP contribution in [-0.2, 0) is 16.1 Å². The Kier molecular flexibility index (Phi) is 5.82. The van der Waals surface area contributed by atoms with Gasteiger partial charge in [-0.25, -0.2) is 4.90 Å². The van der Waals surface area contributed by atoms with Crippen LogP contribution in [0.2, 0.25) is 5.02 Å². The molecule has 1 saturated heterocycles. The minimum atomic E-state index is -0.905. The van der Waals surface area contributed by atoms with Crippen molar-refractivity contribution in [2.75, 3.05) is 4.90 Å². The van der Waals surface area contributed by atoms with Crippen molar-refractivity contribution in [1.82, 2.24) is 9.88 Å². The summed E-state index contributed by atoms with van der Waals surface area (Å²) in [5, 5.41) is 0.507. The normalized spacial score (nSPS) is 15.9. The molecule has 6 nitrogen and oxygen atoms in total. The van der Waals surface area contributed by atoms with Gasteiger partial charge in [0.1, 0.15) is 6.04 Å². The third-order valence-corrected chi connectivity index (χ3v) is 5.47. The molecule has 2 aromatic carbocycles. The summed E-state index contributed by atoms with van der Waals surface area (Å²) in [6.07, 6.45) is 3.20. The molecule has 0 bridgehead atoms. The molecule has 1 aromatic heterocycles. The van der Waals surface area contributed by atoms with E-state index in [1.54, 1.807) is 54.9 Å². The lowest BCUT2D eigenvalue weighted by Crippen LogP contribution is -2.45. The van der Waals surface area contributed by atoms with Crippen molar-refractivity contribution in [2.45, 2.75) is 25.9 Å². The Balaban J connectivity index is 1.68. The van der Waals surface area contributed by atoms with Gasteiger partial charge in [0, 0.05) is 29.5 Å². The summed E-state index contributed by atoms with van der Waals surface area (Å²) in [5.74, 6) is -1.10. The first-order chi connectivity index (χ1) is 14.9. The van der Waals surface area contributed by atoms with Gasteiger partial charge in [0.25, 0.3) is 11.8 Å². The second-order valence-corrected chi connectivity index (χ2v) is 7.86. The number of rotatable bonds is 5. The highest BCUT2D eigenvalue weighted by molar-refractivity contribution is 6.31. The van der Waals surface area contributed by atoms with E-state index < -0.39 is 11.9 Å². The Bertz CT molecular complexity index is 1120. The highest BCUT2D eigenvalue weighted by atomic mass is 35.5. The van der Waals surface area contributed by atoms with Gasteiger partial charge in [-0.3, -0.25) is 19.4 Å². The third kappa shape index (κ3) is 4.34. The van der Waals surface area contributed by atoms with E-state index in [-0.39, 0.29) is 24.8 Å². The summed E-state index contributed by atoms with van der Waals surface area (Å²) in [6, 6.07) is 16.3. The standard InChI is InChI=1S/C24H20ClN3O3/c1-16-4-6-18(7-5-16)23(30)27(15-17-3-2-12-26-14-17)21-13-22(29)28(24(21)31)20-10-8-19(25)9-11-20/h2-12,14,21H,13,15H2,1H3. The van der Waals surface area contributed by atoms with E-state index in [0.29, 0.717) is 16.3 Å². The average molecular weight is 434 g/mol. The summed E-state index contributed by atoms with van der Waals surface area (Å²) < 4.78 is 0. The van der Waals surface area contributed by atoms with Gasteiger partial charge in [-0.2, -0.15) is 0 Å². The quantitative estimate of drug-likeness (QED) is 0.570. The minimum absolute atomic E-state index is 0.0840. The molecule has 3 aromatic rings. The lowest BCUT2D eigenvalue weighted by molar-refractivity contribution is -0.122. The van der Waals surface area contributed by atoms with E-state index in [4.69, 9.17) is 11.6 Å². The number of benzene rings is 2. The molecule has 0 N–H and O–H groups in total. The van der Waals surface area contributed by atoms with E-state index in [1.807, 2.05) is 25.1 Å². The van der Waals surface area contributed by atoms with Crippen molar-refractivity contribution < 1.29 is 14.4 Å². The van der Waals surface area contributed by atoms with Crippen LogP contribution in [0.1, 0.15) is 27.9 Å². The Hall–Kier alpha value is -3.51. The predicted octanol–water partition coefficient (Wildman–Crippen LogP) is 4.02. The Morgan fingerprint density at radius 1 is 1.10 bits per heavy atom. The van der Waals surface area contributed by atoms with Crippen LogP contribution in [0.15, 0.2) is 73.1 Å². The summed E-state index contributed by atoms with van der Waals surface area (Å²) >= 11 is 5.93. The fourth-order valence-corrected chi connectivity index (χ4v) is 3.72. The maximum Gasteiger partial charge on any atom is 0.257 e. The molecule has 1 atom stereocenters. The first-order valence-corrected chi connectivity index (χ1v) is 10.2. The SMILES string of the molecule is Cc1ccc(C(=O)N(Cc2cccnc2)C2CC(=O)N(c3ccc(Cl)cc3)C2=O)cc1. The van der Waals surface area contributed by atoms with Crippen molar-refractivity contribution in [2.24, 2.45) is 0 Å². The summed E-state index contributed by atoms with van der Waals surface area (Å²) in [6.45, 7) is 2.10. The molecule has 7 heteroatoms. The maximum atomic E-state index is 13.4. The molecule has 156 valence electrons. The monoisotopic (exact) mass is 433 g/mol. The topological polar surface area (TPSA) is 70.6 Å². The fraction of sp³-hybridized carbons (Fsp3) is 0.167. The highest BCUT2D eigenvalue weighted by Gasteiger charge is 2.44. The molecule has 4 rings (SSSR count). The van der Waals surface area contributed by atoms with Gasteiger partial charge in [-0.05, 0) is 55.0 Å². The molecule has 1 unspecified atom stereocenters. The van der Waals surface area contributed by atoms with Crippen molar-refractivity contribution >= 4 is 35.0 Å². The minimum Gasteiger partial charge on any atom is -0.322 e. The summed E-state index contributed by atoms with van der Waals surface area (Å²) in [5.41, 5.74) is 2.69. The zero-order valence-electron chi connectivity index (χ0n) is 16.9. The van der Waals surface area contributed by atoms with Gasteiger partial charge in [0.15, 0.2) is 0 Å². The molecule has 1 aliphatic rings. The lowest BCUT2D eigenvalue weighted by Gasteiger charge is -2.28. The van der Waals surface area contributed by atoms with E-state index in [0.717, 1.165) is 16.0 Å². The number of aryl methyl sites for hydroxylation is 1. The predicted molar refractivity (Wildman–Crippen MR) is 118 cm³/mol. The van der Waals surface area contributed by atoms with Gasteiger partial charge >= 0.3 is 0 Å². The third-order valence-electron chi connectivity index (χ3n) is 5.22. The van der Waals surface area contributed by atoms with Gasteiger partial charge in [-0.15, -0.1) is 0 Å². The Morgan fingerprint density at radius 2 is 1.81 bits per heavy atom. The van der Waals surface area contributed by atoms with Gasteiger partial charge in [0.2, 0.25) is 5.91 Å². The lowest BCUT2D eigenvalue weighted by atomic mass is 10.1. The summed E-state index contributed by atoms with van der Waals surface area (Å²) in [7, 11) is 0. The van der Waals surface area contributed by atoms with Crippen LogP contribution < -0.4 is 4.90 Å². The number of carbonyl (C=O) groups excluding carboxylic acids is 3. The smallest absolute Gasteiger partial charge is 0.257 e. The molecule has 1 aliphatic heterocycles. The molecule has 31 heavy (non-hydrogen) atoms. The number of nitrogens with zero attached hydrogens (tertiary/aromatic N) is 3. The average Bonchev–Trinajstić information content (AvgIpc) is 3.07. The molecular formula is C24H20ClN3O3. The van der Waals surface area contributed by atoms with E-state index in [1.165, 1.54) is 4.90 Å². The maximum absolute atomic E-state index is 13.4. The molecule has 1 fully saturated rings. The van der Waals surface area contributed by atoms with Crippen LogP contribution in [-0.4, -0.2) is 33.6 Å². The van der Waals surface area contributed by atoms with Gasteiger partial charge < -0.3 is 4.90 Å². The number of carbonyl (C=O) groups is 3. The number of hydrogen-bond donors (Lipinski definition) is 0. The van der Waals surface area contributed by atoms with E-state index >= 15 is 0 Å². The van der Waals surface area contributed by atoms with Crippen LogP contribution in [0.5, 0.6) is 0 Å². The van der Waals surface area contributed by atoms with Crippen molar-refractivity contribution in [1.29, 1.82) is 0 Å². The first kappa shape index (κ1) is 20.8. The van der Waals surface area contributed by atoms with Crippen LogP contribution in [0, 0.1) is 6.92 Å². The Labute approximate surface area is 185 Å². The molecule has 3 amide bonds. The van der Waals surface area contributed by atoms with E-state index in [9.17, 15) is 14.4 Å². The van der Waals surface area contributed by atoms with Crippen molar-refractivity contribution in [3.05, 3.63) is 94.8 Å². The van der Waals surface area contributed by atoms with E-state index in [2.05, 4.69) is 4.98 Å². The van der Waals surface area contributed by atoms with Gasteiger partial charge in [-0.1, -0.05) is 35.4 Å². The number of aromatic nitrogens is 1. The van der Waals surface area contributed by atoms with Crippen LogP contribution in [0.4, 0.5) is 5.69 Å².